The summed E-state index contributed by atoms with van der Waals surface area (Å²) < 4.78 is 32.3. The van der Waals surface area contributed by atoms with Crippen molar-refractivity contribution < 1.29 is 23.4 Å². The smallest absolute Gasteiger partial charge is 0.253 e. The highest BCUT2D eigenvalue weighted by molar-refractivity contribution is 6.00. The monoisotopic (exact) mass is 376 g/mol. The molecule has 1 heterocycles. The van der Waals surface area contributed by atoms with E-state index in [4.69, 9.17) is 9.84 Å². The first-order valence-corrected chi connectivity index (χ1v) is 8.80. The van der Waals surface area contributed by atoms with Gasteiger partial charge >= 0.3 is 0 Å². The molecule has 0 saturated carbocycles. The second-order valence-corrected chi connectivity index (χ2v) is 6.82. The highest BCUT2D eigenvalue weighted by Gasteiger charge is 2.31. The molecule has 1 amide bonds. The second-order valence-electron chi connectivity index (χ2n) is 6.82. The summed E-state index contributed by atoms with van der Waals surface area (Å²) in [5.74, 6) is -2.44. The number of allylic oxidation sites excluding steroid dienone is 2. The molecule has 27 heavy (non-hydrogen) atoms. The van der Waals surface area contributed by atoms with Crippen molar-refractivity contribution in [3.05, 3.63) is 41.6 Å². The van der Waals surface area contributed by atoms with Crippen LogP contribution < -0.4 is 10.1 Å². The molecule has 1 aliphatic carbocycles. The zero-order valence-corrected chi connectivity index (χ0v) is 15.3. The molecule has 7 heteroatoms. The number of aliphatic hydroxyl groups is 1. The predicted octanol–water partition coefficient (Wildman–Crippen LogP) is 3.56. The predicted molar refractivity (Wildman–Crippen MR) is 99.1 cm³/mol. The van der Waals surface area contributed by atoms with Crippen molar-refractivity contribution in [2.45, 2.75) is 38.2 Å². The van der Waals surface area contributed by atoms with Gasteiger partial charge in [0.05, 0.1) is 24.8 Å². The van der Waals surface area contributed by atoms with Gasteiger partial charge in [0.1, 0.15) is 5.75 Å². The maximum absolute atomic E-state index is 13.5. The lowest BCUT2D eigenvalue weighted by molar-refractivity contribution is -0.00602. The van der Waals surface area contributed by atoms with Gasteiger partial charge in [0.25, 0.3) is 11.8 Å². The van der Waals surface area contributed by atoms with Gasteiger partial charge in [0.15, 0.2) is 0 Å². The Labute approximate surface area is 156 Å². The first-order valence-electron chi connectivity index (χ1n) is 8.80. The molecule has 144 valence electrons. The molecule has 0 unspecified atom stereocenters. The van der Waals surface area contributed by atoms with E-state index in [1.165, 1.54) is 13.3 Å². The zero-order chi connectivity index (χ0) is 19.6. The summed E-state index contributed by atoms with van der Waals surface area (Å²) in [7, 11) is 1.53. The van der Waals surface area contributed by atoms with Crippen LogP contribution in [0.2, 0.25) is 0 Å². The first-order chi connectivity index (χ1) is 12.8. The number of alkyl halides is 2. The number of carbonyl (C=O) groups excluding carboxylic acids is 1. The van der Waals surface area contributed by atoms with E-state index in [0.717, 1.165) is 11.1 Å². The van der Waals surface area contributed by atoms with Crippen molar-refractivity contribution in [1.82, 2.24) is 10.3 Å². The number of hydrogen-bond acceptors (Lipinski definition) is 4. The Morgan fingerprint density at radius 1 is 1.41 bits per heavy atom. The molecule has 0 bridgehead atoms. The van der Waals surface area contributed by atoms with E-state index in [9.17, 15) is 13.6 Å². The van der Waals surface area contributed by atoms with Crippen LogP contribution in [0.5, 0.6) is 5.75 Å². The van der Waals surface area contributed by atoms with E-state index in [1.807, 2.05) is 0 Å². The summed E-state index contributed by atoms with van der Waals surface area (Å²) in [5.41, 5.74) is 2.55. The molecule has 0 saturated heterocycles. The molecule has 0 spiro atoms. The number of benzene rings is 1. The van der Waals surface area contributed by atoms with Gasteiger partial charge in [0.2, 0.25) is 0 Å². The number of nitrogens with zero attached hydrogens (tertiary/aromatic N) is 1. The number of halogens is 2. The zero-order valence-electron chi connectivity index (χ0n) is 15.3. The lowest BCUT2D eigenvalue weighted by Gasteiger charge is -2.22. The standard InChI is InChI=1S/C20H22F2N2O3/c1-12(11-25)24-19(26)15-7-14-8-16(27-2)9-17(18(14)23-10-15)13-3-5-20(21,22)6-4-13/h3,7-10,12,25H,4-6,11H2,1-2H3,(H,24,26)/t12-/m1/s1. The average molecular weight is 376 g/mol. The van der Waals surface area contributed by atoms with Crippen LogP contribution in [-0.2, 0) is 0 Å². The largest absolute Gasteiger partial charge is 0.497 e. The fourth-order valence-corrected chi connectivity index (χ4v) is 3.10. The van der Waals surface area contributed by atoms with Gasteiger partial charge in [-0.05, 0) is 37.1 Å². The van der Waals surface area contributed by atoms with E-state index in [0.29, 0.717) is 22.2 Å². The molecule has 5 nitrogen and oxygen atoms in total. The Morgan fingerprint density at radius 2 is 2.19 bits per heavy atom. The number of amides is 1. The van der Waals surface area contributed by atoms with Crippen molar-refractivity contribution in [3.63, 3.8) is 0 Å². The van der Waals surface area contributed by atoms with Crippen molar-refractivity contribution in [1.29, 1.82) is 0 Å². The SMILES string of the molecule is COc1cc(C2=CCC(F)(F)CC2)c2ncc(C(=O)N[C@H](C)CO)cc2c1. The minimum Gasteiger partial charge on any atom is -0.497 e. The molecule has 2 N–H and O–H groups in total. The van der Waals surface area contributed by atoms with Gasteiger partial charge in [-0.15, -0.1) is 0 Å². The minimum absolute atomic E-state index is 0.163. The summed E-state index contributed by atoms with van der Waals surface area (Å²) >= 11 is 0. The van der Waals surface area contributed by atoms with Crippen LogP contribution in [0.25, 0.3) is 16.5 Å². The topological polar surface area (TPSA) is 71.5 Å². The van der Waals surface area contributed by atoms with E-state index in [1.54, 1.807) is 31.2 Å². The van der Waals surface area contributed by atoms with E-state index in [-0.39, 0.29) is 37.8 Å². The number of methoxy groups -OCH3 is 1. The number of hydrogen-bond donors (Lipinski definition) is 2. The number of carbonyl (C=O) groups is 1. The number of fused-ring (bicyclic) bond motifs is 1. The molecule has 0 fully saturated rings. The summed E-state index contributed by atoms with van der Waals surface area (Å²) in [5, 5.41) is 12.4. The van der Waals surface area contributed by atoms with E-state index < -0.39 is 5.92 Å². The fraction of sp³-hybridized carbons (Fsp3) is 0.400. The molecular formula is C20H22F2N2O3. The summed E-state index contributed by atoms with van der Waals surface area (Å²) in [4.78, 5) is 16.7. The van der Waals surface area contributed by atoms with Crippen molar-refractivity contribution in [2.24, 2.45) is 0 Å². The summed E-state index contributed by atoms with van der Waals surface area (Å²) in [6, 6.07) is 4.86. The van der Waals surface area contributed by atoms with Crippen LogP contribution in [-0.4, -0.2) is 41.7 Å². The third-order valence-electron chi connectivity index (χ3n) is 4.66. The number of rotatable bonds is 5. The average Bonchev–Trinajstić information content (AvgIpc) is 2.66. The second kappa shape index (κ2) is 7.60. The maximum atomic E-state index is 13.5. The number of aliphatic hydroxyl groups excluding tert-OH is 1. The third kappa shape index (κ3) is 4.24. The van der Waals surface area contributed by atoms with Gasteiger partial charge in [0, 0.05) is 36.0 Å². The number of nitrogens with one attached hydrogen (secondary N) is 1. The molecule has 0 radical (unpaired) electrons. The Bertz CT molecular complexity index is 896. The van der Waals surface area contributed by atoms with E-state index in [2.05, 4.69) is 10.3 Å². The van der Waals surface area contributed by atoms with Crippen LogP contribution in [0.3, 0.4) is 0 Å². The highest BCUT2D eigenvalue weighted by Crippen LogP contribution is 2.39. The Kier molecular flexibility index (Phi) is 5.41. The molecule has 1 aromatic carbocycles. The fourth-order valence-electron chi connectivity index (χ4n) is 3.10. The quantitative estimate of drug-likeness (QED) is 0.837. The van der Waals surface area contributed by atoms with Crippen molar-refractivity contribution >= 4 is 22.4 Å². The molecule has 2 aromatic rings. The minimum atomic E-state index is -2.67. The van der Waals surface area contributed by atoms with Gasteiger partial charge in [-0.25, -0.2) is 8.78 Å². The normalized spacial score (nSPS) is 17.3. The van der Waals surface area contributed by atoms with Crippen LogP contribution >= 0.6 is 0 Å². The van der Waals surface area contributed by atoms with E-state index >= 15 is 0 Å². The number of ether oxygens (including phenoxy) is 1. The molecule has 1 atom stereocenters. The Balaban J connectivity index is 2.03. The van der Waals surface area contributed by atoms with Crippen molar-refractivity contribution in [2.75, 3.05) is 13.7 Å². The van der Waals surface area contributed by atoms with Crippen LogP contribution in [0.15, 0.2) is 30.5 Å². The van der Waals surface area contributed by atoms with Crippen LogP contribution in [0, 0.1) is 0 Å². The Morgan fingerprint density at radius 3 is 2.81 bits per heavy atom. The molecule has 1 aliphatic rings. The van der Waals surface area contributed by atoms with Crippen LogP contribution in [0.1, 0.15) is 42.1 Å². The van der Waals surface area contributed by atoms with Gasteiger partial charge in [-0.3, -0.25) is 9.78 Å². The molecule has 3 rings (SSSR count). The highest BCUT2D eigenvalue weighted by atomic mass is 19.3. The van der Waals surface area contributed by atoms with Gasteiger partial charge < -0.3 is 15.2 Å². The maximum Gasteiger partial charge on any atom is 0.253 e. The summed E-state index contributed by atoms with van der Waals surface area (Å²) in [6.45, 7) is 1.53. The molecule has 1 aromatic heterocycles. The first kappa shape index (κ1) is 19.2. The molecule has 0 aliphatic heterocycles. The van der Waals surface area contributed by atoms with Gasteiger partial charge in [-0.1, -0.05) is 6.08 Å². The number of aromatic nitrogens is 1. The van der Waals surface area contributed by atoms with Gasteiger partial charge in [-0.2, -0.15) is 0 Å². The summed E-state index contributed by atoms with van der Waals surface area (Å²) in [6.07, 6.45) is 2.78. The van der Waals surface area contributed by atoms with Crippen molar-refractivity contribution in [3.8, 4) is 5.75 Å². The molecular weight excluding hydrogens is 354 g/mol. The lowest BCUT2D eigenvalue weighted by Crippen LogP contribution is -2.35. The van der Waals surface area contributed by atoms with Crippen LogP contribution in [0.4, 0.5) is 8.78 Å². The lowest BCUT2D eigenvalue weighted by atomic mass is 9.90. The number of pyridine rings is 1. The Hall–Kier alpha value is -2.54. The third-order valence-corrected chi connectivity index (χ3v) is 4.66.